The van der Waals surface area contributed by atoms with Crippen molar-refractivity contribution in [3.63, 3.8) is 0 Å². The number of pyridine rings is 1. The normalized spacial score (nSPS) is 10.7. The molecule has 0 fully saturated rings. The zero-order chi connectivity index (χ0) is 13.0. The lowest BCUT2D eigenvalue weighted by Gasteiger charge is -2.11. The first-order chi connectivity index (χ1) is 8.02. The van der Waals surface area contributed by atoms with Gasteiger partial charge in [-0.15, -0.1) is 0 Å². The topological polar surface area (TPSA) is 39.2 Å². The Hall–Kier alpha value is -0.310. The van der Waals surface area contributed by atoms with Crippen molar-refractivity contribution in [2.75, 3.05) is 6.61 Å². The number of halogens is 4. The Labute approximate surface area is 119 Å². The Morgan fingerprint density at radius 2 is 2.29 bits per heavy atom. The molecule has 0 saturated heterocycles. The molecular formula is C10H9BrF2INO2. The molecule has 0 aliphatic rings. The second kappa shape index (κ2) is 6.58. The van der Waals surface area contributed by atoms with Crippen LogP contribution >= 0.6 is 38.5 Å². The molecule has 1 rings (SSSR count). The summed E-state index contributed by atoms with van der Waals surface area (Å²) in [5.74, 6) is -0.762. The van der Waals surface area contributed by atoms with Gasteiger partial charge >= 0.3 is 5.97 Å². The molecule has 1 aromatic heterocycles. The van der Waals surface area contributed by atoms with Crippen LogP contribution in [-0.2, 0) is 10.1 Å². The van der Waals surface area contributed by atoms with Crippen molar-refractivity contribution in [3.05, 3.63) is 26.6 Å². The van der Waals surface area contributed by atoms with E-state index in [1.54, 1.807) is 6.92 Å². The van der Waals surface area contributed by atoms with E-state index in [0.717, 1.165) is 0 Å². The largest absolute Gasteiger partial charge is 0.462 e. The maximum atomic E-state index is 12.8. The van der Waals surface area contributed by atoms with Crippen molar-refractivity contribution in [2.45, 2.75) is 18.7 Å². The smallest absolute Gasteiger partial charge is 0.341 e. The molecule has 0 aliphatic heterocycles. The molecule has 0 N–H and O–H groups in total. The zero-order valence-electron chi connectivity index (χ0n) is 8.84. The fourth-order valence-electron chi connectivity index (χ4n) is 1.20. The quantitative estimate of drug-likeness (QED) is 0.424. The second-order valence-electron chi connectivity index (χ2n) is 3.01. The van der Waals surface area contributed by atoms with E-state index in [2.05, 4.69) is 20.9 Å². The molecular weight excluding hydrogens is 411 g/mol. The summed E-state index contributed by atoms with van der Waals surface area (Å²) in [6.07, 6.45) is -1.46. The third kappa shape index (κ3) is 3.34. The highest BCUT2D eigenvalue weighted by atomic mass is 127. The minimum absolute atomic E-state index is 0.135. The van der Waals surface area contributed by atoms with Crippen LogP contribution < -0.4 is 0 Å². The molecule has 0 spiro atoms. The first kappa shape index (κ1) is 14.7. The molecule has 94 valence electrons. The molecule has 17 heavy (non-hydrogen) atoms. The van der Waals surface area contributed by atoms with E-state index in [-0.39, 0.29) is 12.2 Å². The van der Waals surface area contributed by atoms with Crippen LogP contribution in [0, 0.1) is 3.57 Å². The predicted molar refractivity (Wildman–Crippen MR) is 70.5 cm³/mol. The number of ether oxygens (including phenoxy) is 1. The van der Waals surface area contributed by atoms with Gasteiger partial charge in [-0.2, -0.15) is 0 Å². The minimum atomic E-state index is -2.80. The Balaban J connectivity index is 3.34. The Morgan fingerprint density at radius 1 is 1.65 bits per heavy atom. The lowest BCUT2D eigenvalue weighted by atomic mass is 10.1. The third-order valence-electron chi connectivity index (χ3n) is 1.95. The summed E-state index contributed by atoms with van der Waals surface area (Å²) in [5, 5.41) is 0.439. The van der Waals surface area contributed by atoms with Gasteiger partial charge < -0.3 is 4.74 Å². The molecule has 0 unspecified atom stereocenters. The van der Waals surface area contributed by atoms with E-state index in [1.165, 1.54) is 6.20 Å². The molecule has 0 radical (unpaired) electrons. The number of aromatic nitrogens is 1. The number of nitrogens with zero attached hydrogens (tertiary/aromatic N) is 1. The van der Waals surface area contributed by atoms with Gasteiger partial charge in [-0.1, -0.05) is 15.9 Å². The number of esters is 1. The average Bonchev–Trinajstić information content (AvgIpc) is 2.28. The lowest BCUT2D eigenvalue weighted by molar-refractivity contribution is 0.0511. The first-order valence-electron chi connectivity index (χ1n) is 4.71. The maximum Gasteiger partial charge on any atom is 0.341 e. The van der Waals surface area contributed by atoms with Crippen molar-refractivity contribution in [1.29, 1.82) is 0 Å². The van der Waals surface area contributed by atoms with E-state index in [9.17, 15) is 13.6 Å². The number of carbonyl (C=O) groups excluding carboxylic acids is 1. The van der Waals surface area contributed by atoms with Gasteiger partial charge in [-0.05, 0) is 35.1 Å². The van der Waals surface area contributed by atoms with E-state index < -0.39 is 18.1 Å². The number of hydrogen-bond donors (Lipinski definition) is 0. The summed E-state index contributed by atoms with van der Waals surface area (Å²) in [5.41, 5.74) is 0.00926. The van der Waals surface area contributed by atoms with Gasteiger partial charge in [0, 0.05) is 15.1 Å². The van der Waals surface area contributed by atoms with E-state index >= 15 is 0 Å². The SMILES string of the molecule is CCOC(=O)c1c(C(F)F)ncc(CBr)c1I. The molecule has 7 heteroatoms. The summed E-state index contributed by atoms with van der Waals surface area (Å²) in [6.45, 7) is 1.75. The van der Waals surface area contributed by atoms with Crippen LogP contribution in [0.25, 0.3) is 0 Å². The molecule has 0 aromatic carbocycles. The highest BCUT2D eigenvalue weighted by molar-refractivity contribution is 14.1. The Morgan fingerprint density at radius 3 is 2.76 bits per heavy atom. The van der Waals surface area contributed by atoms with Crippen LogP contribution in [0.2, 0.25) is 0 Å². The summed E-state index contributed by atoms with van der Waals surface area (Å²) in [7, 11) is 0. The predicted octanol–water partition coefficient (Wildman–Crippen LogP) is 3.70. The van der Waals surface area contributed by atoms with E-state index in [4.69, 9.17) is 4.74 Å². The Kier molecular flexibility index (Phi) is 5.71. The van der Waals surface area contributed by atoms with Crippen LogP contribution in [0.5, 0.6) is 0 Å². The van der Waals surface area contributed by atoms with Gasteiger partial charge in [0.2, 0.25) is 0 Å². The van der Waals surface area contributed by atoms with Crippen molar-refractivity contribution in [3.8, 4) is 0 Å². The summed E-state index contributed by atoms with van der Waals surface area (Å²) in [4.78, 5) is 15.3. The number of carbonyl (C=O) groups is 1. The van der Waals surface area contributed by atoms with E-state index in [1.807, 2.05) is 22.6 Å². The Bertz CT molecular complexity index is 429. The number of rotatable bonds is 4. The number of hydrogen-bond acceptors (Lipinski definition) is 3. The molecule has 0 atom stereocenters. The standard InChI is InChI=1S/C10H9BrF2INO2/c1-2-17-10(16)6-7(14)5(3-11)4-15-8(6)9(12)13/h4,9H,2-3H2,1H3. The van der Waals surface area contributed by atoms with Gasteiger partial charge in [0.1, 0.15) is 11.3 Å². The first-order valence-corrected chi connectivity index (χ1v) is 6.91. The van der Waals surface area contributed by atoms with Gasteiger partial charge in [0.25, 0.3) is 6.43 Å². The van der Waals surface area contributed by atoms with Crippen molar-refractivity contribution >= 4 is 44.5 Å². The van der Waals surface area contributed by atoms with Crippen LogP contribution in [0.3, 0.4) is 0 Å². The second-order valence-corrected chi connectivity index (χ2v) is 4.65. The van der Waals surface area contributed by atoms with Gasteiger partial charge in [0.05, 0.1) is 6.61 Å². The average molecular weight is 420 g/mol. The van der Waals surface area contributed by atoms with E-state index in [0.29, 0.717) is 14.5 Å². The highest BCUT2D eigenvalue weighted by Crippen LogP contribution is 2.28. The molecule has 0 bridgehead atoms. The fourth-order valence-corrected chi connectivity index (χ4v) is 2.97. The highest BCUT2D eigenvalue weighted by Gasteiger charge is 2.25. The molecule has 0 amide bonds. The van der Waals surface area contributed by atoms with Crippen molar-refractivity contribution in [2.24, 2.45) is 0 Å². The molecule has 0 aliphatic carbocycles. The molecule has 0 saturated carbocycles. The van der Waals surface area contributed by atoms with Gasteiger partial charge in [0.15, 0.2) is 0 Å². The monoisotopic (exact) mass is 419 g/mol. The van der Waals surface area contributed by atoms with Crippen molar-refractivity contribution < 1.29 is 18.3 Å². The third-order valence-corrected chi connectivity index (χ3v) is 3.78. The van der Waals surface area contributed by atoms with Crippen LogP contribution in [0.15, 0.2) is 6.20 Å². The minimum Gasteiger partial charge on any atom is -0.462 e. The summed E-state index contributed by atoms with van der Waals surface area (Å²) in [6, 6.07) is 0. The fraction of sp³-hybridized carbons (Fsp3) is 0.400. The van der Waals surface area contributed by atoms with Crippen LogP contribution in [0.4, 0.5) is 8.78 Å². The zero-order valence-corrected chi connectivity index (χ0v) is 12.6. The van der Waals surface area contributed by atoms with Crippen LogP contribution in [0.1, 0.15) is 35.0 Å². The van der Waals surface area contributed by atoms with Gasteiger partial charge in [-0.25, -0.2) is 13.6 Å². The molecule has 1 aromatic rings. The number of alkyl halides is 3. The molecule has 1 heterocycles. The van der Waals surface area contributed by atoms with Crippen molar-refractivity contribution in [1.82, 2.24) is 4.98 Å². The molecule has 3 nitrogen and oxygen atoms in total. The maximum absolute atomic E-state index is 12.8. The van der Waals surface area contributed by atoms with Gasteiger partial charge in [-0.3, -0.25) is 4.98 Å². The van der Waals surface area contributed by atoms with Crippen LogP contribution in [-0.4, -0.2) is 17.6 Å². The summed E-state index contributed by atoms with van der Waals surface area (Å²) >= 11 is 5.06. The lowest BCUT2D eigenvalue weighted by Crippen LogP contribution is -2.13. The summed E-state index contributed by atoms with van der Waals surface area (Å²) < 4.78 is 30.7.